The molecule has 1 saturated heterocycles. The number of nitrogens with one attached hydrogen (secondary N) is 1. The van der Waals surface area contributed by atoms with Crippen LogP contribution in [-0.2, 0) is 11.8 Å². The molecule has 2 heterocycles. The maximum atomic E-state index is 13.1. The van der Waals surface area contributed by atoms with Gasteiger partial charge in [-0.2, -0.15) is 5.10 Å². The van der Waals surface area contributed by atoms with Crippen LogP contribution in [0.5, 0.6) is 11.5 Å². The molecule has 0 atom stereocenters. The number of piperazine rings is 1. The first-order valence-corrected chi connectivity index (χ1v) is 11.5. The SMILES string of the molecule is CC(=O)N1CCN(C(=O)c2cccc(Nc3c(Oc4cccc(C)c4C)cnn(C)c3=O)c2)CC1. The number of benzene rings is 2. The fraction of sp³-hybridized carbons (Fsp3) is 0.308. The molecule has 1 fully saturated rings. The van der Waals surface area contributed by atoms with E-state index in [-0.39, 0.29) is 23.1 Å². The molecule has 1 aliphatic rings. The van der Waals surface area contributed by atoms with Gasteiger partial charge in [0, 0.05) is 51.4 Å². The Balaban J connectivity index is 1.58. The summed E-state index contributed by atoms with van der Waals surface area (Å²) >= 11 is 0. The third-order valence-electron chi connectivity index (χ3n) is 6.27. The zero-order valence-electron chi connectivity index (χ0n) is 20.4. The van der Waals surface area contributed by atoms with Crippen molar-refractivity contribution in [2.45, 2.75) is 20.8 Å². The highest BCUT2D eigenvalue weighted by molar-refractivity contribution is 5.95. The number of carbonyl (C=O) groups excluding carboxylic acids is 2. The van der Waals surface area contributed by atoms with Crippen LogP contribution < -0.4 is 15.6 Å². The predicted octanol–water partition coefficient (Wildman–Crippen LogP) is 3.24. The normalized spacial score (nSPS) is 13.5. The van der Waals surface area contributed by atoms with E-state index in [1.54, 1.807) is 41.1 Å². The summed E-state index contributed by atoms with van der Waals surface area (Å²) in [7, 11) is 1.57. The lowest BCUT2D eigenvalue weighted by Crippen LogP contribution is -2.50. The van der Waals surface area contributed by atoms with Crippen LogP contribution in [0, 0.1) is 13.8 Å². The molecule has 0 aliphatic carbocycles. The molecule has 1 aromatic heterocycles. The summed E-state index contributed by atoms with van der Waals surface area (Å²) in [4.78, 5) is 41.0. The van der Waals surface area contributed by atoms with Crippen molar-refractivity contribution in [3.05, 3.63) is 75.7 Å². The molecule has 4 rings (SSSR count). The molecular formula is C26H29N5O4. The van der Waals surface area contributed by atoms with Gasteiger partial charge in [-0.3, -0.25) is 14.4 Å². The number of aryl methyl sites for hydroxylation is 2. The van der Waals surface area contributed by atoms with Crippen LogP contribution in [0.2, 0.25) is 0 Å². The van der Waals surface area contributed by atoms with Crippen molar-refractivity contribution in [1.82, 2.24) is 19.6 Å². The molecule has 35 heavy (non-hydrogen) atoms. The van der Waals surface area contributed by atoms with Crippen LogP contribution in [-0.4, -0.2) is 57.6 Å². The summed E-state index contributed by atoms with van der Waals surface area (Å²) in [5.41, 5.74) is 2.98. The minimum Gasteiger partial charge on any atom is -0.453 e. The zero-order chi connectivity index (χ0) is 25.1. The smallest absolute Gasteiger partial charge is 0.294 e. The summed E-state index contributed by atoms with van der Waals surface area (Å²) in [5.74, 6) is 0.822. The number of hydrogen-bond donors (Lipinski definition) is 1. The Morgan fingerprint density at radius 2 is 1.66 bits per heavy atom. The number of aromatic nitrogens is 2. The third kappa shape index (κ3) is 5.18. The standard InChI is InChI=1S/C26H29N5O4/c1-17-7-5-10-22(18(17)2)35-23-16-27-29(4)26(34)24(23)28-21-9-6-8-20(15-21)25(33)31-13-11-30(12-14-31)19(3)32/h5-10,15-16,28H,11-14H2,1-4H3. The molecule has 9 nitrogen and oxygen atoms in total. The number of ether oxygens (including phenoxy) is 1. The van der Waals surface area contributed by atoms with E-state index < -0.39 is 0 Å². The van der Waals surface area contributed by atoms with Crippen molar-refractivity contribution < 1.29 is 14.3 Å². The van der Waals surface area contributed by atoms with E-state index in [9.17, 15) is 14.4 Å². The highest BCUT2D eigenvalue weighted by Crippen LogP contribution is 2.31. The number of amides is 2. The van der Waals surface area contributed by atoms with E-state index in [1.807, 2.05) is 32.0 Å². The van der Waals surface area contributed by atoms with Crippen LogP contribution in [0.4, 0.5) is 11.4 Å². The quantitative estimate of drug-likeness (QED) is 0.609. The van der Waals surface area contributed by atoms with Crippen LogP contribution >= 0.6 is 0 Å². The van der Waals surface area contributed by atoms with Crippen molar-refractivity contribution in [2.75, 3.05) is 31.5 Å². The fourth-order valence-electron chi connectivity index (χ4n) is 3.95. The summed E-state index contributed by atoms with van der Waals surface area (Å²) in [5, 5.41) is 7.24. The van der Waals surface area contributed by atoms with Gasteiger partial charge in [-0.05, 0) is 49.2 Å². The van der Waals surface area contributed by atoms with Crippen LogP contribution in [0.3, 0.4) is 0 Å². The average Bonchev–Trinajstić information content (AvgIpc) is 2.86. The minimum absolute atomic E-state index is 0.0149. The van der Waals surface area contributed by atoms with Crippen molar-refractivity contribution in [3.8, 4) is 11.5 Å². The lowest BCUT2D eigenvalue weighted by atomic mass is 10.1. The highest BCUT2D eigenvalue weighted by Gasteiger charge is 2.23. The largest absolute Gasteiger partial charge is 0.453 e. The van der Waals surface area contributed by atoms with E-state index >= 15 is 0 Å². The van der Waals surface area contributed by atoms with Gasteiger partial charge in [-0.1, -0.05) is 18.2 Å². The molecule has 2 amide bonds. The van der Waals surface area contributed by atoms with Gasteiger partial charge in [0.15, 0.2) is 11.4 Å². The lowest BCUT2D eigenvalue weighted by Gasteiger charge is -2.34. The van der Waals surface area contributed by atoms with E-state index in [0.29, 0.717) is 48.9 Å². The lowest BCUT2D eigenvalue weighted by molar-refractivity contribution is -0.130. The Bertz CT molecular complexity index is 1330. The van der Waals surface area contributed by atoms with E-state index in [1.165, 1.54) is 17.8 Å². The summed E-state index contributed by atoms with van der Waals surface area (Å²) < 4.78 is 7.31. The van der Waals surface area contributed by atoms with Gasteiger partial charge in [0.05, 0.1) is 6.20 Å². The Hall–Kier alpha value is -4.14. The predicted molar refractivity (Wildman–Crippen MR) is 133 cm³/mol. The molecule has 1 aliphatic heterocycles. The van der Waals surface area contributed by atoms with Crippen LogP contribution in [0.1, 0.15) is 28.4 Å². The molecule has 9 heteroatoms. The molecule has 3 aromatic rings. The van der Waals surface area contributed by atoms with Crippen LogP contribution in [0.25, 0.3) is 0 Å². The van der Waals surface area contributed by atoms with Crippen LogP contribution in [0.15, 0.2) is 53.5 Å². The molecule has 2 aromatic carbocycles. The topological polar surface area (TPSA) is 96.8 Å². The molecule has 0 spiro atoms. The number of rotatable bonds is 5. The minimum atomic E-state index is -0.357. The Morgan fingerprint density at radius 1 is 0.971 bits per heavy atom. The van der Waals surface area contributed by atoms with Gasteiger partial charge in [0.25, 0.3) is 11.5 Å². The maximum Gasteiger partial charge on any atom is 0.294 e. The first kappa shape index (κ1) is 24.0. The van der Waals surface area contributed by atoms with Gasteiger partial charge >= 0.3 is 0 Å². The Labute approximate surface area is 203 Å². The molecule has 0 radical (unpaired) electrons. The molecular weight excluding hydrogens is 446 g/mol. The number of anilines is 2. The van der Waals surface area contributed by atoms with Crippen molar-refractivity contribution in [1.29, 1.82) is 0 Å². The molecule has 0 unspecified atom stereocenters. The molecule has 1 N–H and O–H groups in total. The van der Waals surface area contributed by atoms with Crippen molar-refractivity contribution in [2.24, 2.45) is 7.05 Å². The summed E-state index contributed by atoms with van der Waals surface area (Å²) in [6.45, 7) is 7.48. The van der Waals surface area contributed by atoms with E-state index in [0.717, 1.165) is 11.1 Å². The fourth-order valence-corrected chi connectivity index (χ4v) is 3.95. The first-order chi connectivity index (χ1) is 16.7. The van der Waals surface area contributed by atoms with Gasteiger partial charge in [-0.25, -0.2) is 4.68 Å². The Morgan fingerprint density at radius 3 is 2.37 bits per heavy atom. The summed E-state index contributed by atoms with van der Waals surface area (Å²) in [6, 6.07) is 12.7. The second-order valence-corrected chi connectivity index (χ2v) is 8.62. The molecule has 0 bridgehead atoms. The van der Waals surface area contributed by atoms with Gasteiger partial charge in [0.2, 0.25) is 5.91 Å². The Kier molecular flexibility index (Phi) is 6.86. The average molecular weight is 476 g/mol. The monoisotopic (exact) mass is 475 g/mol. The molecule has 0 saturated carbocycles. The van der Waals surface area contributed by atoms with Gasteiger partial charge in [-0.15, -0.1) is 0 Å². The van der Waals surface area contributed by atoms with E-state index in [4.69, 9.17) is 4.74 Å². The second-order valence-electron chi connectivity index (χ2n) is 8.62. The molecule has 182 valence electrons. The van der Waals surface area contributed by atoms with Gasteiger partial charge < -0.3 is 19.9 Å². The number of carbonyl (C=O) groups is 2. The maximum absolute atomic E-state index is 13.1. The van der Waals surface area contributed by atoms with E-state index in [2.05, 4.69) is 10.4 Å². The number of hydrogen-bond acceptors (Lipinski definition) is 6. The second kappa shape index (κ2) is 10.0. The zero-order valence-corrected chi connectivity index (χ0v) is 20.4. The van der Waals surface area contributed by atoms with Crippen molar-refractivity contribution >= 4 is 23.2 Å². The van der Waals surface area contributed by atoms with Crippen molar-refractivity contribution in [3.63, 3.8) is 0 Å². The highest BCUT2D eigenvalue weighted by atomic mass is 16.5. The van der Waals surface area contributed by atoms with Gasteiger partial charge in [0.1, 0.15) is 5.75 Å². The third-order valence-corrected chi connectivity index (χ3v) is 6.27. The number of nitrogens with zero attached hydrogens (tertiary/aromatic N) is 4. The summed E-state index contributed by atoms with van der Waals surface area (Å²) in [6.07, 6.45) is 1.50. The first-order valence-electron chi connectivity index (χ1n) is 11.5.